The van der Waals surface area contributed by atoms with Crippen LogP contribution in [0, 0.1) is 17.0 Å². The van der Waals surface area contributed by atoms with Crippen molar-refractivity contribution in [1.29, 1.82) is 0 Å². The van der Waals surface area contributed by atoms with Crippen molar-refractivity contribution in [2.24, 2.45) is 0 Å². The maximum Gasteiger partial charge on any atom is 0.279 e. The second-order valence-corrected chi connectivity index (χ2v) is 6.29. The standard InChI is InChI=1S/C19H23N3O5/c1-13-5-7-15(22(24)25)9-17(13)20-19(23)12-21(2)11-14-6-8-16(26-3)10-18(14)27-4/h5-10H,11-12H2,1-4H3,(H,20,23)/p+1. The molecule has 2 aromatic carbocycles. The van der Waals surface area contributed by atoms with Gasteiger partial charge in [0.15, 0.2) is 6.54 Å². The molecule has 0 saturated heterocycles. The zero-order valence-corrected chi connectivity index (χ0v) is 15.9. The van der Waals surface area contributed by atoms with Gasteiger partial charge in [0.1, 0.15) is 18.0 Å². The van der Waals surface area contributed by atoms with Gasteiger partial charge < -0.3 is 19.7 Å². The molecule has 0 heterocycles. The molecule has 0 aliphatic carbocycles. The van der Waals surface area contributed by atoms with Gasteiger partial charge in [-0.1, -0.05) is 6.07 Å². The molecule has 27 heavy (non-hydrogen) atoms. The number of amides is 1. The first kappa shape index (κ1) is 20.2. The van der Waals surface area contributed by atoms with Crippen LogP contribution in [0.3, 0.4) is 0 Å². The molecule has 0 saturated carbocycles. The third-order valence-electron chi connectivity index (χ3n) is 4.15. The lowest BCUT2D eigenvalue weighted by molar-refractivity contribution is -0.885. The molecule has 0 radical (unpaired) electrons. The molecular weight excluding hydrogens is 350 g/mol. The average molecular weight is 374 g/mol. The second kappa shape index (κ2) is 9.00. The minimum absolute atomic E-state index is 0.0560. The highest BCUT2D eigenvalue weighted by molar-refractivity contribution is 5.92. The smallest absolute Gasteiger partial charge is 0.279 e. The Labute approximate surface area is 157 Å². The van der Waals surface area contributed by atoms with Crippen LogP contribution in [-0.2, 0) is 11.3 Å². The zero-order valence-electron chi connectivity index (χ0n) is 15.9. The predicted octanol–water partition coefficient (Wildman–Crippen LogP) is 1.57. The van der Waals surface area contributed by atoms with Crippen LogP contribution in [0.25, 0.3) is 0 Å². The quantitative estimate of drug-likeness (QED) is 0.540. The van der Waals surface area contributed by atoms with E-state index in [2.05, 4.69) is 5.32 Å². The number of likely N-dealkylation sites (N-methyl/N-ethyl adjacent to an activating group) is 1. The summed E-state index contributed by atoms with van der Waals surface area (Å²) in [5.41, 5.74) is 2.11. The molecule has 0 bridgehead atoms. The van der Waals surface area contributed by atoms with E-state index in [-0.39, 0.29) is 18.1 Å². The molecule has 1 atom stereocenters. The van der Waals surface area contributed by atoms with Gasteiger partial charge in [-0.25, -0.2) is 0 Å². The molecule has 2 aromatic rings. The Kier molecular flexibility index (Phi) is 6.73. The van der Waals surface area contributed by atoms with Gasteiger partial charge in [-0.15, -0.1) is 0 Å². The molecule has 2 N–H and O–H groups in total. The van der Waals surface area contributed by atoms with E-state index in [4.69, 9.17) is 9.47 Å². The van der Waals surface area contributed by atoms with Crippen molar-refractivity contribution >= 4 is 17.3 Å². The summed E-state index contributed by atoms with van der Waals surface area (Å²) in [6.07, 6.45) is 0. The fourth-order valence-electron chi connectivity index (χ4n) is 2.71. The fraction of sp³-hybridized carbons (Fsp3) is 0.316. The van der Waals surface area contributed by atoms with Crippen molar-refractivity contribution in [3.05, 3.63) is 57.6 Å². The molecule has 0 spiro atoms. The zero-order chi connectivity index (χ0) is 20.0. The van der Waals surface area contributed by atoms with Crippen LogP contribution in [0.2, 0.25) is 0 Å². The molecule has 1 unspecified atom stereocenters. The predicted molar refractivity (Wildman–Crippen MR) is 101 cm³/mol. The molecule has 8 nitrogen and oxygen atoms in total. The molecule has 1 amide bonds. The Hall–Kier alpha value is -3.13. The number of aryl methyl sites for hydroxylation is 1. The number of carbonyl (C=O) groups is 1. The van der Waals surface area contributed by atoms with Gasteiger partial charge in [-0.2, -0.15) is 0 Å². The molecule has 0 aromatic heterocycles. The lowest BCUT2D eigenvalue weighted by Gasteiger charge is -2.16. The van der Waals surface area contributed by atoms with E-state index in [9.17, 15) is 14.9 Å². The number of quaternary nitrogens is 1. The average Bonchev–Trinajstić information content (AvgIpc) is 2.63. The van der Waals surface area contributed by atoms with Gasteiger partial charge >= 0.3 is 0 Å². The molecular formula is C19H24N3O5+. The lowest BCUT2D eigenvalue weighted by atomic mass is 10.1. The Morgan fingerprint density at radius 1 is 1.19 bits per heavy atom. The highest BCUT2D eigenvalue weighted by Gasteiger charge is 2.16. The Bertz CT molecular complexity index is 838. The number of hydrogen-bond donors (Lipinski definition) is 2. The minimum Gasteiger partial charge on any atom is -0.497 e. The number of methoxy groups -OCH3 is 2. The Morgan fingerprint density at radius 3 is 2.56 bits per heavy atom. The highest BCUT2D eigenvalue weighted by Crippen LogP contribution is 2.24. The first-order valence-electron chi connectivity index (χ1n) is 8.41. The summed E-state index contributed by atoms with van der Waals surface area (Å²) in [7, 11) is 5.07. The van der Waals surface area contributed by atoms with Gasteiger partial charge in [-0.05, 0) is 24.6 Å². The van der Waals surface area contributed by atoms with E-state index in [1.165, 1.54) is 12.1 Å². The first-order chi connectivity index (χ1) is 12.8. The fourth-order valence-corrected chi connectivity index (χ4v) is 2.71. The van der Waals surface area contributed by atoms with Crippen LogP contribution in [0.4, 0.5) is 11.4 Å². The van der Waals surface area contributed by atoms with E-state index in [1.807, 2.05) is 19.2 Å². The number of nitro benzene ring substituents is 1. The summed E-state index contributed by atoms with van der Waals surface area (Å²) in [5.74, 6) is 1.18. The van der Waals surface area contributed by atoms with Crippen molar-refractivity contribution < 1.29 is 24.1 Å². The number of non-ortho nitro benzene ring substituents is 1. The number of anilines is 1. The van der Waals surface area contributed by atoms with Crippen molar-refractivity contribution in [1.82, 2.24) is 0 Å². The van der Waals surface area contributed by atoms with Crippen molar-refractivity contribution in [3.8, 4) is 11.5 Å². The van der Waals surface area contributed by atoms with Crippen LogP contribution in [0.5, 0.6) is 11.5 Å². The van der Waals surface area contributed by atoms with Crippen LogP contribution in [-0.4, -0.2) is 38.6 Å². The number of nitro groups is 1. The number of rotatable bonds is 8. The summed E-state index contributed by atoms with van der Waals surface area (Å²) in [5, 5.41) is 13.7. The molecule has 144 valence electrons. The minimum atomic E-state index is -0.484. The topological polar surface area (TPSA) is 95.1 Å². The van der Waals surface area contributed by atoms with Crippen molar-refractivity contribution in [2.45, 2.75) is 13.5 Å². The summed E-state index contributed by atoms with van der Waals surface area (Å²) < 4.78 is 10.6. The normalized spacial score (nSPS) is 11.6. The number of carbonyl (C=O) groups excluding carboxylic acids is 1. The van der Waals surface area contributed by atoms with E-state index < -0.39 is 4.92 Å². The van der Waals surface area contributed by atoms with Crippen LogP contribution >= 0.6 is 0 Å². The van der Waals surface area contributed by atoms with Crippen LogP contribution < -0.4 is 19.7 Å². The van der Waals surface area contributed by atoms with E-state index in [1.54, 1.807) is 33.3 Å². The maximum absolute atomic E-state index is 12.3. The first-order valence-corrected chi connectivity index (χ1v) is 8.41. The second-order valence-electron chi connectivity index (χ2n) is 6.29. The highest BCUT2D eigenvalue weighted by atomic mass is 16.6. The van der Waals surface area contributed by atoms with Crippen LogP contribution in [0.15, 0.2) is 36.4 Å². The van der Waals surface area contributed by atoms with Gasteiger partial charge in [0.05, 0.1) is 31.9 Å². The summed E-state index contributed by atoms with van der Waals surface area (Å²) in [6.45, 7) is 2.57. The molecule has 0 aliphatic rings. The van der Waals surface area contributed by atoms with E-state index in [0.717, 1.165) is 16.0 Å². The molecule has 8 heteroatoms. The molecule has 0 aliphatic heterocycles. The van der Waals surface area contributed by atoms with E-state index in [0.29, 0.717) is 23.7 Å². The van der Waals surface area contributed by atoms with Gasteiger partial charge in [0.2, 0.25) is 0 Å². The third kappa shape index (κ3) is 5.42. The summed E-state index contributed by atoms with van der Waals surface area (Å²) >= 11 is 0. The maximum atomic E-state index is 12.3. The van der Waals surface area contributed by atoms with Gasteiger partial charge in [0.25, 0.3) is 11.6 Å². The number of nitrogens with one attached hydrogen (secondary N) is 2. The van der Waals surface area contributed by atoms with E-state index >= 15 is 0 Å². The lowest BCUT2D eigenvalue weighted by Crippen LogP contribution is -3.08. The summed E-state index contributed by atoms with van der Waals surface area (Å²) in [4.78, 5) is 23.7. The largest absolute Gasteiger partial charge is 0.497 e. The monoisotopic (exact) mass is 374 g/mol. The Morgan fingerprint density at radius 2 is 1.93 bits per heavy atom. The summed E-state index contributed by atoms with van der Waals surface area (Å²) in [6, 6.07) is 9.95. The van der Waals surface area contributed by atoms with Crippen molar-refractivity contribution in [3.63, 3.8) is 0 Å². The van der Waals surface area contributed by atoms with Crippen LogP contribution in [0.1, 0.15) is 11.1 Å². The number of hydrogen-bond acceptors (Lipinski definition) is 5. The number of ether oxygens (including phenoxy) is 2. The molecule has 2 rings (SSSR count). The number of benzene rings is 2. The Balaban J connectivity index is 2.02. The molecule has 0 fully saturated rings. The SMILES string of the molecule is COc1ccc(C[NH+](C)CC(=O)Nc2cc([N+](=O)[O-])ccc2C)c(OC)c1. The van der Waals surface area contributed by atoms with Crippen molar-refractivity contribution in [2.75, 3.05) is 33.1 Å². The van der Waals surface area contributed by atoms with Gasteiger partial charge in [-0.3, -0.25) is 14.9 Å². The third-order valence-corrected chi connectivity index (χ3v) is 4.15. The number of nitrogens with zero attached hydrogens (tertiary/aromatic N) is 1. The van der Waals surface area contributed by atoms with Gasteiger partial charge in [0, 0.05) is 23.8 Å².